The van der Waals surface area contributed by atoms with E-state index in [4.69, 9.17) is 14.2 Å². The minimum atomic E-state index is -3.24. The lowest BCUT2D eigenvalue weighted by Crippen LogP contribution is -2.51. The number of carbonyl (C=O) groups excluding carboxylic acids is 1. The number of hydrogen-bond acceptors (Lipinski definition) is 6. The van der Waals surface area contributed by atoms with Crippen molar-refractivity contribution in [2.24, 2.45) is 0 Å². The molecule has 0 aliphatic carbocycles. The second-order valence-electron chi connectivity index (χ2n) is 5.92. The lowest BCUT2D eigenvalue weighted by atomic mass is 10.1. The number of ether oxygens (including phenoxy) is 3. The van der Waals surface area contributed by atoms with Gasteiger partial charge in [0, 0.05) is 31.7 Å². The summed E-state index contributed by atoms with van der Waals surface area (Å²) in [5.41, 5.74) is 0.407. The van der Waals surface area contributed by atoms with Crippen LogP contribution in [0.25, 0.3) is 0 Å². The summed E-state index contributed by atoms with van der Waals surface area (Å²) in [5.74, 6) is 1.16. The van der Waals surface area contributed by atoms with Crippen LogP contribution in [0, 0.1) is 0 Å². The fraction of sp³-hybridized carbons (Fsp3) is 0.588. The van der Waals surface area contributed by atoms with Crippen molar-refractivity contribution in [3.8, 4) is 17.2 Å². The van der Waals surface area contributed by atoms with Crippen molar-refractivity contribution < 1.29 is 27.4 Å². The number of carbonyl (C=O) groups is 1. The minimum Gasteiger partial charge on any atom is -0.493 e. The SMILES string of the molecule is CCCS(=O)(=O)N1CCN(C(=O)c2cc(OC)c(OC)c(OC)c2)CC1. The Hall–Kier alpha value is -2.00. The molecule has 0 aromatic heterocycles. The maximum absolute atomic E-state index is 12.8. The van der Waals surface area contributed by atoms with E-state index in [9.17, 15) is 13.2 Å². The molecule has 1 aliphatic heterocycles. The highest BCUT2D eigenvalue weighted by molar-refractivity contribution is 7.89. The van der Waals surface area contributed by atoms with Crippen LogP contribution in [0.15, 0.2) is 12.1 Å². The van der Waals surface area contributed by atoms with Crippen LogP contribution in [0.3, 0.4) is 0 Å². The number of sulfonamides is 1. The summed E-state index contributed by atoms with van der Waals surface area (Å²) >= 11 is 0. The molecule has 2 rings (SSSR count). The quantitative estimate of drug-likeness (QED) is 0.700. The second-order valence-corrected chi connectivity index (χ2v) is 8.01. The number of hydrogen-bond donors (Lipinski definition) is 0. The Labute approximate surface area is 154 Å². The van der Waals surface area contributed by atoms with Crippen LogP contribution < -0.4 is 14.2 Å². The van der Waals surface area contributed by atoms with Gasteiger partial charge in [0.05, 0.1) is 27.1 Å². The predicted molar refractivity (Wildman–Crippen MR) is 97.7 cm³/mol. The normalized spacial score (nSPS) is 15.6. The molecule has 0 atom stereocenters. The third kappa shape index (κ3) is 4.21. The molecule has 1 heterocycles. The zero-order valence-electron chi connectivity index (χ0n) is 15.6. The van der Waals surface area contributed by atoms with Gasteiger partial charge in [0.15, 0.2) is 11.5 Å². The van der Waals surface area contributed by atoms with Crippen molar-refractivity contribution in [2.75, 3.05) is 53.3 Å². The van der Waals surface area contributed by atoms with E-state index in [1.165, 1.54) is 25.6 Å². The van der Waals surface area contributed by atoms with Gasteiger partial charge < -0.3 is 19.1 Å². The van der Waals surface area contributed by atoms with Crippen LogP contribution in [0.1, 0.15) is 23.7 Å². The van der Waals surface area contributed by atoms with E-state index in [1.807, 2.05) is 6.92 Å². The molecule has 0 saturated carbocycles. The molecule has 1 aromatic rings. The molecule has 146 valence electrons. The lowest BCUT2D eigenvalue weighted by molar-refractivity contribution is 0.0697. The lowest BCUT2D eigenvalue weighted by Gasteiger charge is -2.34. The summed E-state index contributed by atoms with van der Waals surface area (Å²) < 4.78 is 41.6. The molecule has 1 fully saturated rings. The number of benzene rings is 1. The highest BCUT2D eigenvalue weighted by Crippen LogP contribution is 2.38. The van der Waals surface area contributed by atoms with Crippen LogP contribution in [-0.2, 0) is 10.0 Å². The summed E-state index contributed by atoms with van der Waals surface area (Å²) in [6.07, 6.45) is 0.576. The molecule has 0 unspecified atom stereocenters. The van der Waals surface area contributed by atoms with Gasteiger partial charge in [0.2, 0.25) is 15.8 Å². The summed E-state index contributed by atoms with van der Waals surface area (Å²) in [4.78, 5) is 14.5. The Bertz CT molecular complexity index is 717. The molecule has 1 amide bonds. The minimum absolute atomic E-state index is 0.133. The topological polar surface area (TPSA) is 85.4 Å². The zero-order chi connectivity index (χ0) is 19.3. The van der Waals surface area contributed by atoms with E-state index in [1.54, 1.807) is 17.0 Å². The van der Waals surface area contributed by atoms with Crippen LogP contribution in [0.4, 0.5) is 0 Å². The monoisotopic (exact) mass is 386 g/mol. The highest BCUT2D eigenvalue weighted by Gasteiger charge is 2.29. The Morgan fingerprint density at radius 1 is 1.00 bits per heavy atom. The van der Waals surface area contributed by atoms with Crippen LogP contribution in [-0.4, -0.2) is 76.8 Å². The van der Waals surface area contributed by atoms with Gasteiger partial charge in [-0.05, 0) is 18.6 Å². The Morgan fingerprint density at radius 3 is 1.96 bits per heavy atom. The molecule has 26 heavy (non-hydrogen) atoms. The third-order valence-electron chi connectivity index (χ3n) is 4.29. The third-order valence-corrected chi connectivity index (χ3v) is 6.37. The second kappa shape index (κ2) is 8.59. The first kappa shape index (κ1) is 20.3. The molecular weight excluding hydrogens is 360 g/mol. The molecule has 9 heteroatoms. The van der Waals surface area contributed by atoms with Gasteiger partial charge in [-0.2, -0.15) is 4.31 Å². The van der Waals surface area contributed by atoms with Crippen molar-refractivity contribution in [1.29, 1.82) is 0 Å². The Kier molecular flexibility index (Phi) is 6.71. The predicted octanol–water partition coefficient (Wildman–Crippen LogP) is 1.21. The van der Waals surface area contributed by atoms with Crippen molar-refractivity contribution >= 4 is 15.9 Å². The first-order chi connectivity index (χ1) is 12.4. The molecule has 0 spiro atoms. The molecule has 0 N–H and O–H groups in total. The molecule has 1 aromatic carbocycles. The van der Waals surface area contributed by atoms with Gasteiger partial charge in [-0.25, -0.2) is 8.42 Å². The number of piperazine rings is 1. The van der Waals surface area contributed by atoms with Crippen molar-refractivity contribution in [3.63, 3.8) is 0 Å². The number of methoxy groups -OCH3 is 3. The molecular formula is C17H26N2O6S. The van der Waals surface area contributed by atoms with Gasteiger partial charge in [-0.3, -0.25) is 4.79 Å². The number of amides is 1. The Balaban J connectivity index is 2.16. The van der Waals surface area contributed by atoms with E-state index >= 15 is 0 Å². The summed E-state index contributed by atoms with van der Waals surface area (Å²) in [6.45, 7) is 3.13. The average molecular weight is 386 g/mol. The largest absolute Gasteiger partial charge is 0.493 e. The fourth-order valence-electron chi connectivity index (χ4n) is 2.94. The van der Waals surface area contributed by atoms with Gasteiger partial charge in [-0.1, -0.05) is 6.92 Å². The van der Waals surface area contributed by atoms with E-state index < -0.39 is 10.0 Å². The first-order valence-corrected chi connectivity index (χ1v) is 10.1. The fourth-order valence-corrected chi connectivity index (χ4v) is 4.44. The van der Waals surface area contributed by atoms with Crippen molar-refractivity contribution in [2.45, 2.75) is 13.3 Å². The summed E-state index contributed by atoms with van der Waals surface area (Å²) in [5, 5.41) is 0. The van der Waals surface area contributed by atoms with Gasteiger partial charge in [0.1, 0.15) is 0 Å². The van der Waals surface area contributed by atoms with Gasteiger partial charge in [0.25, 0.3) is 5.91 Å². The van der Waals surface area contributed by atoms with Crippen LogP contribution in [0.5, 0.6) is 17.2 Å². The van der Waals surface area contributed by atoms with Gasteiger partial charge >= 0.3 is 0 Å². The summed E-state index contributed by atoms with van der Waals surface area (Å²) in [6, 6.07) is 3.20. The highest BCUT2D eigenvalue weighted by atomic mass is 32.2. The zero-order valence-corrected chi connectivity index (χ0v) is 16.5. The van der Waals surface area contributed by atoms with E-state index in [0.717, 1.165) is 0 Å². The van der Waals surface area contributed by atoms with Crippen molar-refractivity contribution in [1.82, 2.24) is 9.21 Å². The first-order valence-electron chi connectivity index (χ1n) is 8.45. The average Bonchev–Trinajstić information content (AvgIpc) is 2.66. The van der Waals surface area contributed by atoms with Gasteiger partial charge in [-0.15, -0.1) is 0 Å². The van der Waals surface area contributed by atoms with E-state index in [0.29, 0.717) is 55.4 Å². The molecule has 1 aliphatic rings. The smallest absolute Gasteiger partial charge is 0.254 e. The van der Waals surface area contributed by atoms with E-state index in [-0.39, 0.29) is 11.7 Å². The number of nitrogens with zero attached hydrogens (tertiary/aromatic N) is 2. The molecule has 0 bridgehead atoms. The maximum Gasteiger partial charge on any atom is 0.254 e. The van der Waals surface area contributed by atoms with Crippen molar-refractivity contribution in [3.05, 3.63) is 17.7 Å². The molecule has 8 nitrogen and oxygen atoms in total. The number of rotatable bonds is 7. The van der Waals surface area contributed by atoms with E-state index in [2.05, 4.69) is 0 Å². The van der Waals surface area contributed by atoms with Crippen LogP contribution >= 0.6 is 0 Å². The Morgan fingerprint density at radius 2 is 1.54 bits per heavy atom. The standard InChI is InChI=1S/C17H26N2O6S/c1-5-10-26(21,22)19-8-6-18(7-9-19)17(20)13-11-14(23-2)16(25-4)15(12-13)24-3/h11-12H,5-10H2,1-4H3. The maximum atomic E-state index is 12.8. The molecule has 0 radical (unpaired) electrons. The van der Waals surface area contributed by atoms with Crippen LogP contribution in [0.2, 0.25) is 0 Å². The summed E-state index contributed by atoms with van der Waals surface area (Å²) in [7, 11) is 1.24. The molecule has 1 saturated heterocycles.